The third kappa shape index (κ3) is 3.90. The molecule has 0 saturated carbocycles. The normalized spacial score (nSPS) is 12.3. The van der Waals surface area contributed by atoms with E-state index < -0.39 is 6.10 Å². The molecular weight excluding hydrogens is 288 g/mol. The quantitative estimate of drug-likeness (QED) is 0.899. The van der Waals surface area contributed by atoms with Crippen LogP contribution in [0, 0.1) is 0 Å². The minimum Gasteiger partial charge on any atom is -0.497 e. The van der Waals surface area contributed by atoms with Crippen LogP contribution in [0.25, 0.3) is 0 Å². The van der Waals surface area contributed by atoms with Crippen LogP contribution < -0.4 is 9.47 Å². The molecule has 0 fully saturated rings. The Labute approximate surface area is 130 Å². The van der Waals surface area contributed by atoms with E-state index in [2.05, 4.69) is 0 Å². The number of hydrogen-bond acceptors (Lipinski definition) is 3. The summed E-state index contributed by atoms with van der Waals surface area (Å²) in [6.07, 6.45) is -0.721. The highest BCUT2D eigenvalue weighted by Gasteiger charge is 2.15. The van der Waals surface area contributed by atoms with Crippen LogP contribution in [0.1, 0.15) is 31.1 Å². The number of aliphatic hydroxyl groups is 1. The Balaban J connectivity index is 2.29. The van der Waals surface area contributed by atoms with Gasteiger partial charge in [-0.15, -0.1) is 0 Å². The van der Waals surface area contributed by atoms with Crippen molar-refractivity contribution in [3.8, 4) is 11.5 Å². The van der Waals surface area contributed by atoms with E-state index in [1.165, 1.54) is 0 Å². The zero-order valence-electron chi connectivity index (χ0n) is 12.3. The molecule has 2 aromatic rings. The SMILES string of the molecule is COc1ccc(C(O)c2cccc(OC(C)C)c2)c(Cl)c1. The van der Waals surface area contributed by atoms with Crippen LogP contribution >= 0.6 is 11.6 Å². The zero-order valence-corrected chi connectivity index (χ0v) is 13.1. The maximum Gasteiger partial charge on any atom is 0.120 e. The molecule has 0 aliphatic heterocycles. The lowest BCUT2D eigenvalue weighted by atomic mass is 10.0. The van der Waals surface area contributed by atoms with Crippen LogP contribution in [0.4, 0.5) is 0 Å². The van der Waals surface area contributed by atoms with E-state index in [0.29, 0.717) is 16.3 Å². The van der Waals surface area contributed by atoms with Gasteiger partial charge in [0.15, 0.2) is 0 Å². The van der Waals surface area contributed by atoms with E-state index in [1.807, 2.05) is 38.1 Å². The highest BCUT2D eigenvalue weighted by Crippen LogP contribution is 2.32. The molecule has 1 atom stereocenters. The molecule has 4 heteroatoms. The van der Waals surface area contributed by atoms with Crippen molar-refractivity contribution >= 4 is 11.6 Å². The number of hydrogen-bond donors (Lipinski definition) is 1. The van der Waals surface area contributed by atoms with E-state index in [9.17, 15) is 5.11 Å². The van der Waals surface area contributed by atoms with E-state index in [1.54, 1.807) is 25.3 Å². The Kier molecular flexibility index (Phi) is 5.10. The molecule has 1 N–H and O–H groups in total. The molecule has 0 aromatic heterocycles. The van der Waals surface area contributed by atoms with Gasteiger partial charge >= 0.3 is 0 Å². The van der Waals surface area contributed by atoms with Crippen molar-refractivity contribution in [2.75, 3.05) is 7.11 Å². The maximum atomic E-state index is 10.5. The van der Waals surface area contributed by atoms with E-state index >= 15 is 0 Å². The highest BCUT2D eigenvalue weighted by atomic mass is 35.5. The number of halogens is 1. The minimum atomic E-state index is -0.806. The van der Waals surface area contributed by atoms with Gasteiger partial charge in [-0.3, -0.25) is 0 Å². The molecular formula is C17H19ClO3. The molecule has 1 unspecified atom stereocenters. The largest absolute Gasteiger partial charge is 0.497 e. The van der Waals surface area contributed by atoms with E-state index in [-0.39, 0.29) is 6.10 Å². The third-order valence-corrected chi connectivity index (χ3v) is 3.38. The summed E-state index contributed by atoms with van der Waals surface area (Å²) in [6, 6.07) is 12.6. The number of rotatable bonds is 5. The van der Waals surface area contributed by atoms with Crippen LogP contribution in [0.5, 0.6) is 11.5 Å². The lowest BCUT2D eigenvalue weighted by molar-refractivity contribution is 0.216. The van der Waals surface area contributed by atoms with Crippen molar-refractivity contribution in [2.24, 2.45) is 0 Å². The molecule has 2 aromatic carbocycles. The van der Waals surface area contributed by atoms with Crippen LogP contribution in [0.15, 0.2) is 42.5 Å². The summed E-state index contributed by atoms with van der Waals surface area (Å²) < 4.78 is 10.8. The molecule has 0 aliphatic rings. The second kappa shape index (κ2) is 6.83. The van der Waals surface area contributed by atoms with Gasteiger partial charge in [0.2, 0.25) is 0 Å². The number of ether oxygens (including phenoxy) is 2. The number of benzene rings is 2. The Hall–Kier alpha value is -1.71. The number of aliphatic hydroxyl groups excluding tert-OH is 1. The minimum absolute atomic E-state index is 0.0852. The fourth-order valence-electron chi connectivity index (χ4n) is 2.07. The zero-order chi connectivity index (χ0) is 15.4. The molecule has 2 rings (SSSR count). The first kappa shape index (κ1) is 15.7. The van der Waals surface area contributed by atoms with Crippen molar-refractivity contribution in [2.45, 2.75) is 26.1 Å². The lowest BCUT2D eigenvalue weighted by Crippen LogP contribution is -2.07. The predicted molar refractivity (Wildman–Crippen MR) is 84.3 cm³/mol. The molecule has 112 valence electrons. The molecule has 0 amide bonds. The molecule has 21 heavy (non-hydrogen) atoms. The number of methoxy groups -OCH3 is 1. The molecule has 3 nitrogen and oxygen atoms in total. The Morgan fingerprint density at radius 3 is 2.43 bits per heavy atom. The van der Waals surface area contributed by atoms with Crippen LogP contribution in [-0.2, 0) is 0 Å². The van der Waals surface area contributed by atoms with Crippen LogP contribution in [-0.4, -0.2) is 18.3 Å². The molecule has 0 bridgehead atoms. The average Bonchev–Trinajstić information content (AvgIpc) is 2.46. The third-order valence-electron chi connectivity index (χ3n) is 3.05. The van der Waals surface area contributed by atoms with Crippen molar-refractivity contribution in [1.29, 1.82) is 0 Å². The maximum absolute atomic E-state index is 10.5. The van der Waals surface area contributed by atoms with Gasteiger partial charge in [0, 0.05) is 5.56 Å². The lowest BCUT2D eigenvalue weighted by Gasteiger charge is -2.16. The fraction of sp³-hybridized carbons (Fsp3) is 0.294. The predicted octanol–water partition coefficient (Wildman–Crippen LogP) is 4.22. The second-order valence-electron chi connectivity index (χ2n) is 5.03. The highest BCUT2D eigenvalue weighted by molar-refractivity contribution is 6.31. The van der Waals surface area contributed by atoms with Gasteiger partial charge < -0.3 is 14.6 Å². The molecule has 0 heterocycles. The summed E-state index contributed by atoms with van der Waals surface area (Å²) in [5.74, 6) is 1.39. The average molecular weight is 307 g/mol. The summed E-state index contributed by atoms with van der Waals surface area (Å²) in [7, 11) is 1.58. The second-order valence-corrected chi connectivity index (χ2v) is 5.44. The molecule has 0 spiro atoms. The Bertz CT molecular complexity index is 611. The van der Waals surface area contributed by atoms with Crippen LogP contribution in [0.2, 0.25) is 5.02 Å². The first-order valence-corrected chi connectivity index (χ1v) is 7.17. The first-order chi connectivity index (χ1) is 10.0. The Morgan fingerprint density at radius 2 is 1.81 bits per heavy atom. The summed E-state index contributed by atoms with van der Waals surface area (Å²) in [5, 5.41) is 11.0. The van der Waals surface area contributed by atoms with Gasteiger partial charge in [0.1, 0.15) is 17.6 Å². The smallest absolute Gasteiger partial charge is 0.120 e. The summed E-state index contributed by atoms with van der Waals surface area (Å²) in [4.78, 5) is 0. The van der Waals surface area contributed by atoms with Gasteiger partial charge in [-0.2, -0.15) is 0 Å². The summed E-state index contributed by atoms with van der Waals surface area (Å²) in [5.41, 5.74) is 1.37. The summed E-state index contributed by atoms with van der Waals surface area (Å²) in [6.45, 7) is 3.92. The van der Waals surface area contributed by atoms with E-state index in [4.69, 9.17) is 21.1 Å². The van der Waals surface area contributed by atoms with Crippen molar-refractivity contribution < 1.29 is 14.6 Å². The van der Waals surface area contributed by atoms with Crippen molar-refractivity contribution in [3.63, 3.8) is 0 Å². The van der Waals surface area contributed by atoms with E-state index in [0.717, 1.165) is 11.3 Å². The van der Waals surface area contributed by atoms with Crippen molar-refractivity contribution in [1.82, 2.24) is 0 Å². The standard InChI is InChI=1S/C17H19ClO3/c1-11(2)21-14-6-4-5-12(9-14)17(19)15-8-7-13(20-3)10-16(15)18/h4-11,17,19H,1-3H3. The van der Waals surface area contributed by atoms with Gasteiger partial charge in [-0.1, -0.05) is 29.8 Å². The summed E-state index contributed by atoms with van der Waals surface area (Å²) >= 11 is 6.21. The monoisotopic (exact) mass is 306 g/mol. The van der Waals surface area contributed by atoms with Gasteiger partial charge in [0.25, 0.3) is 0 Å². The molecule has 0 aliphatic carbocycles. The van der Waals surface area contributed by atoms with Gasteiger partial charge in [-0.25, -0.2) is 0 Å². The topological polar surface area (TPSA) is 38.7 Å². The Morgan fingerprint density at radius 1 is 1.05 bits per heavy atom. The van der Waals surface area contributed by atoms with Crippen LogP contribution in [0.3, 0.4) is 0 Å². The molecule has 0 saturated heterocycles. The first-order valence-electron chi connectivity index (χ1n) is 6.79. The fourth-order valence-corrected chi connectivity index (χ4v) is 2.34. The van der Waals surface area contributed by atoms with Gasteiger partial charge in [0.05, 0.1) is 18.2 Å². The van der Waals surface area contributed by atoms with Gasteiger partial charge in [-0.05, 0) is 43.7 Å². The molecule has 0 radical (unpaired) electrons. The van der Waals surface area contributed by atoms with Crippen molar-refractivity contribution in [3.05, 3.63) is 58.6 Å².